The molecule has 3 rings (SSSR count). The summed E-state index contributed by atoms with van der Waals surface area (Å²) in [5.74, 6) is 1.02. The SMILES string of the molecule is CN1CC2(CCCC2)NCC1C1CC1. The molecule has 1 spiro atoms. The van der Waals surface area contributed by atoms with E-state index < -0.39 is 0 Å². The van der Waals surface area contributed by atoms with E-state index >= 15 is 0 Å². The Morgan fingerprint density at radius 3 is 2.50 bits per heavy atom. The van der Waals surface area contributed by atoms with Crippen molar-refractivity contribution in [2.24, 2.45) is 5.92 Å². The fourth-order valence-corrected chi connectivity index (χ4v) is 3.52. The number of nitrogens with one attached hydrogen (secondary N) is 1. The van der Waals surface area contributed by atoms with E-state index in [2.05, 4.69) is 17.3 Å². The van der Waals surface area contributed by atoms with Crippen LogP contribution in [0.25, 0.3) is 0 Å². The number of hydrogen-bond acceptors (Lipinski definition) is 2. The van der Waals surface area contributed by atoms with Gasteiger partial charge in [-0.3, -0.25) is 0 Å². The van der Waals surface area contributed by atoms with E-state index in [9.17, 15) is 0 Å². The highest BCUT2D eigenvalue weighted by Crippen LogP contribution is 2.39. The van der Waals surface area contributed by atoms with Crippen molar-refractivity contribution in [3.8, 4) is 0 Å². The molecule has 0 bridgehead atoms. The molecule has 2 heteroatoms. The van der Waals surface area contributed by atoms with Crippen molar-refractivity contribution in [3.63, 3.8) is 0 Å². The van der Waals surface area contributed by atoms with Crippen molar-refractivity contribution in [3.05, 3.63) is 0 Å². The number of rotatable bonds is 1. The van der Waals surface area contributed by atoms with Crippen LogP contribution in [0.5, 0.6) is 0 Å². The lowest BCUT2D eigenvalue weighted by molar-refractivity contribution is 0.0934. The predicted molar refractivity (Wildman–Crippen MR) is 58.3 cm³/mol. The summed E-state index contributed by atoms with van der Waals surface area (Å²) >= 11 is 0. The Bertz CT molecular complexity index is 216. The maximum atomic E-state index is 3.85. The van der Waals surface area contributed by atoms with Crippen LogP contribution in [0, 0.1) is 5.92 Å². The van der Waals surface area contributed by atoms with Gasteiger partial charge >= 0.3 is 0 Å². The summed E-state index contributed by atoms with van der Waals surface area (Å²) in [5.41, 5.74) is 0.514. The van der Waals surface area contributed by atoms with Gasteiger partial charge in [0.1, 0.15) is 0 Å². The Morgan fingerprint density at radius 1 is 1.21 bits per heavy atom. The minimum atomic E-state index is 0.514. The first-order valence-corrected chi connectivity index (χ1v) is 6.24. The molecule has 0 aromatic heterocycles. The lowest BCUT2D eigenvalue weighted by atomic mass is 9.91. The molecule has 3 aliphatic rings. The van der Waals surface area contributed by atoms with Gasteiger partial charge < -0.3 is 10.2 Å². The topological polar surface area (TPSA) is 15.3 Å². The van der Waals surface area contributed by atoms with Crippen molar-refractivity contribution in [2.75, 3.05) is 20.1 Å². The average molecular weight is 194 g/mol. The van der Waals surface area contributed by atoms with E-state index in [0.717, 1.165) is 12.0 Å². The van der Waals surface area contributed by atoms with Gasteiger partial charge in [-0.1, -0.05) is 12.8 Å². The maximum Gasteiger partial charge on any atom is 0.0309 e. The van der Waals surface area contributed by atoms with Crippen LogP contribution in [0.1, 0.15) is 38.5 Å². The van der Waals surface area contributed by atoms with Gasteiger partial charge in [0.05, 0.1) is 0 Å². The molecule has 0 aromatic carbocycles. The van der Waals surface area contributed by atoms with Crippen LogP contribution in [0.4, 0.5) is 0 Å². The molecule has 0 amide bonds. The monoisotopic (exact) mass is 194 g/mol. The van der Waals surface area contributed by atoms with E-state index in [1.54, 1.807) is 0 Å². The van der Waals surface area contributed by atoms with Gasteiger partial charge in [-0.2, -0.15) is 0 Å². The van der Waals surface area contributed by atoms with Crippen LogP contribution in [-0.4, -0.2) is 36.6 Å². The largest absolute Gasteiger partial charge is 0.308 e. The highest BCUT2D eigenvalue weighted by Gasteiger charge is 2.43. The Kier molecular flexibility index (Phi) is 2.10. The summed E-state index contributed by atoms with van der Waals surface area (Å²) in [4.78, 5) is 2.64. The lowest BCUT2D eigenvalue weighted by Crippen LogP contribution is -2.62. The quantitative estimate of drug-likeness (QED) is 0.682. The van der Waals surface area contributed by atoms with E-state index in [1.807, 2.05) is 0 Å². The molecule has 2 nitrogen and oxygen atoms in total. The number of piperazine rings is 1. The molecular formula is C12H22N2. The lowest BCUT2D eigenvalue weighted by Gasteiger charge is -2.45. The fourth-order valence-electron chi connectivity index (χ4n) is 3.52. The summed E-state index contributed by atoms with van der Waals surface area (Å²) in [6.07, 6.45) is 8.65. The molecule has 0 radical (unpaired) electrons. The summed E-state index contributed by atoms with van der Waals surface area (Å²) in [6, 6.07) is 0.848. The van der Waals surface area contributed by atoms with Gasteiger partial charge in [-0.05, 0) is 38.6 Å². The number of hydrogen-bond donors (Lipinski definition) is 1. The molecule has 1 unspecified atom stereocenters. The third-order valence-corrected chi connectivity index (χ3v) is 4.53. The van der Waals surface area contributed by atoms with Gasteiger partial charge in [-0.25, -0.2) is 0 Å². The van der Waals surface area contributed by atoms with Crippen LogP contribution in [0.2, 0.25) is 0 Å². The second-order valence-electron chi connectivity index (χ2n) is 5.69. The molecule has 14 heavy (non-hydrogen) atoms. The third kappa shape index (κ3) is 1.49. The predicted octanol–water partition coefficient (Wildman–Crippen LogP) is 1.61. The van der Waals surface area contributed by atoms with Gasteiger partial charge in [0, 0.05) is 24.7 Å². The number of likely N-dealkylation sites (N-methyl/N-ethyl adjacent to an activating group) is 1. The molecule has 80 valence electrons. The minimum absolute atomic E-state index is 0.514. The van der Waals surface area contributed by atoms with E-state index in [1.165, 1.54) is 51.6 Å². The van der Waals surface area contributed by atoms with Crippen LogP contribution in [0.3, 0.4) is 0 Å². The van der Waals surface area contributed by atoms with Crippen molar-refractivity contribution in [2.45, 2.75) is 50.1 Å². The van der Waals surface area contributed by atoms with Crippen LogP contribution >= 0.6 is 0 Å². The molecule has 2 aliphatic carbocycles. The molecule has 2 saturated carbocycles. The third-order valence-electron chi connectivity index (χ3n) is 4.53. The molecule has 0 aromatic rings. The van der Waals surface area contributed by atoms with E-state index in [0.29, 0.717) is 5.54 Å². The minimum Gasteiger partial charge on any atom is -0.308 e. The Labute approximate surface area is 87.0 Å². The molecule has 1 heterocycles. The van der Waals surface area contributed by atoms with Crippen molar-refractivity contribution < 1.29 is 0 Å². The molecule has 1 N–H and O–H groups in total. The van der Waals surface area contributed by atoms with E-state index in [4.69, 9.17) is 0 Å². The Hall–Kier alpha value is -0.0800. The van der Waals surface area contributed by atoms with Gasteiger partial charge in [0.15, 0.2) is 0 Å². The van der Waals surface area contributed by atoms with Crippen LogP contribution in [-0.2, 0) is 0 Å². The average Bonchev–Trinajstić information content (AvgIpc) is 2.90. The smallest absolute Gasteiger partial charge is 0.0309 e. The van der Waals surface area contributed by atoms with Gasteiger partial charge in [-0.15, -0.1) is 0 Å². The second-order valence-corrected chi connectivity index (χ2v) is 5.69. The molecule has 3 fully saturated rings. The Balaban J connectivity index is 1.66. The standard InChI is InChI=1S/C12H22N2/c1-14-9-12(6-2-3-7-12)13-8-11(14)10-4-5-10/h10-11,13H,2-9H2,1H3. The fraction of sp³-hybridized carbons (Fsp3) is 1.00. The second kappa shape index (κ2) is 3.21. The summed E-state index contributed by atoms with van der Waals surface area (Å²) < 4.78 is 0. The van der Waals surface area contributed by atoms with Gasteiger partial charge in [0.25, 0.3) is 0 Å². The van der Waals surface area contributed by atoms with Crippen molar-refractivity contribution >= 4 is 0 Å². The first kappa shape index (κ1) is 9.17. The van der Waals surface area contributed by atoms with Crippen molar-refractivity contribution in [1.82, 2.24) is 10.2 Å². The maximum absolute atomic E-state index is 3.85. The Morgan fingerprint density at radius 2 is 1.93 bits per heavy atom. The highest BCUT2D eigenvalue weighted by atomic mass is 15.2. The van der Waals surface area contributed by atoms with E-state index in [-0.39, 0.29) is 0 Å². The molecule has 1 saturated heterocycles. The first-order chi connectivity index (χ1) is 6.79. The first-order valence-electron chi connectivity index (χ1n) is 6.24. The zero-order chi connectivity index (χ0) is 9.60. The normalized spacial score (nSPS) is 37.9. The molecular weight excluding hydrogens is 172 g/mol. The summed E-state index contributed by atoms with van der Waals surface area (Å²) in [6.45, 7) is 2.55. The molecule has 1 aliphatic heterocycles. The number of nitrogens with zero attached hydrogens (tertiary/aromatic N) is 1. The van der Waals surface area contributed by atoms with Crippen LogP contribution < -0.4 is 5.32 Å². The van der Waals surface area contributed by atoms with Crippen molar-refractivity contribution in [1.29, 1.82) is 0 Å². The van der Waals surface area contributed by atoms with Crippen LogP contribution in [0.15, 0.2) is 0 Å². The summed E-state index contributed by atoms with van der Waals surface area (Å²) in [5, 5.41) is 3.85. The van der Waals surface area contributed by atoms with Gasteiger partial charge in [0.2, 0.25) is 0 Å². The zero-order valence-electron chi connectivity index (χ0n) is 9.26. The highest BCUT2D eigenvalue weighted by molar-refractivity contribution is 5.03. The summed E-state index contributed by atoms with van der Waals surface area (Å²) in [7, 11) is 2.34. The zero-order valence-corrected chi connectivity index (χ0v) is 9.26. The molecule has 1 atom stereocenters.